The van der Waals surface area contributed by atoms with E-state index < -0.39 is 0 Å². The number of benzene rings is 2. The summed E-state index contributed by atoms with van der Waals surface area (Å²) in [6.07, 6.45) is 5.07. The van der Waals surface area contributed by atoms with E-state index in [2.05, 4.69) is 77.7 Å². The Labute approximate surface area is 250 Å². The van der Waals surface area contributed by atoms with E-state index in [1.54, 1.807) is 13.2 Å². The summed E-state index contributed by atoms with van der Waals surface area (Å²) in [4.78, 5) is 30.5. The van der Waals surface area contributed by atoms with E-state index in [1.165, 1.54) is 61.0 Å². The number of likely N-dealkylation sites (tertiary alicyclic amines) is 1. The zero-order chi connectivity index (χ0) is 30.1. The van der Waals surface area contributed by atoms with Crippen LogP contribution in [0.25, 0.3) is 10.8 Å². The van der Waals surface area contributed by atoms with Gasteiger partial charge in [-0.15, -0.1) is 0 Å². The molecule has 3 aliphatic heterocycles. The van der Waals surface area contributed by atoms with E-state index in [-0.39, 0.29) is 11.9 Å². The van der Waals surface area contributed by atoms with Crippen LogP contribution in [0.3, 0.4) is 0 Å². The first-order chi connectivity index (χ1) is 20.4. The van der Waals surface area contributed by atoms with Gasteiger partial charge < -0.3 is 24.3 Å². The summed E-state index contributed by atoms with van der Waals surface area (Å²) in [6.45, 7) is 13.4. The number of ether oxygens (including phenoxy) is 1. The van der Waals surface area contributed by atoms with E-state index >= 15 is 0 Å². The number of anilines is 2. The molecular weight excluding hydrogens is 526 g/mol. The number of methoxy groups -OCH3 is 1. The summed E-state index contributed by atoms with van der Waals surface area (Å²) >= 11 is 0. The Kier molecular flexibility index (Phi) is 10.7. The minimum absolute atomic E-state index is 0.0190. The molecule has 0 bridgehead atoms. The number of hydrogen-bond donors (Lipinski definition) is 0. The third kappa shape index (κ3) is 7.18. The maximum absolute atomic E-state index is 12.1. The monoisotopic (exact) mass is 569 g/mol. The van der Waals surface area contributed by atoms with Crippen molar-refractivity contribution in [3.63, 3.8) is 0 Å². The Hall–Kier alpha value is -4.16. The highest BCUT2D eigenvalue weighted by Gasteiger charge is 2.32. The third-order valence-electron chi connectivity index (χ3n) is 8.03. The first-order valence-corrected chi connectivity index (χ1v) is 14.7. The Morgan fingerprint density at radius 2 is 1.79 bits per heavy atom. The van der Waals surface area contributed by atoms with Gasteiger partial charge in [-0.25, -0.2) is 0 Å². The van der Waals surface area contributed by atoms with E-state index in [0.717, 1.165) is 31.0 Å². The van der Waals surface area contributed by atoms with Crippen molar-refractivity contribution in [2.24, 2.45) is 0 Å². The van der Waals surface area contributed by atoms with Crippen LogP contribution in [-0.4, -0.2) is 85.1 Å². The lowest BCUT2D eigenvalue weighted by molar-refractivity contribution is -0.126. The molecule has 9 heteroatoms. The van der Waals surface area contributed by atoms with E-state index in [9.17, 15) is 4.79 Å². The van der Waals surface area contributed by atoms with Crippen LogP contribution in [0, 0.1) is 11.3 Å². The van der Waals surface area contributed by atoms with Crippen LogP contribution >= 0.6 is 0 Å². The van der Waals surface area contributed by atoms with Gasteiger partial charge in [0.05, 0.1) is 25.4 Å². The Balaban J connectivity index is 0.000000390. The van der Waals surface area contributed by atoms with Crippen molar-refractivity contribution in [1.82, 2.24) is 19.8 Å². The molecule has 9 nitrogen and oxygen atoms in total. The number of hydrogen-bond acceptors (Lipinski definition) is 8. The number of nitriles is 1. The van der Waals surface area contributed by atoms with Crippen LogP contribution in [0.2, 0.25) is 0 Å². The van der Waals surface area contributed by atoms with Gasteiger partial charge in [0.2, 0.25) is 5.91 Å². The lowest BCUT2D eigenvalue weighted by atomic mass is 10.0. The Morgan fingerprint density at radius 1 is 1.07 bits per heavy atom. The standard InChI is InChI=1S/C26H29N5O2.C5H11N.C2H3N/c1-4-24(32)30-14-15-31(18(2)16-30)25-21-12-13-29(17-22(21)27-26(28-25)33-3)23-11-7-9-19-8-5-6-10-20(19)23;1-6-4-2-3-5-6;1-2-3/h4-11,18H,1,12-17H2,2-3H3;2-5H2,1H3;1H3/t18-;;/m0../s1. The van der Waals surface area contributed by atoms with Crippen molar-refractivity contribution in [1.29, 1.82) is 5.26 Å². The first-order valence-electron chi connectivity index (χ1n) is 14.7. The number of amides is 1. The van der Waals surface area contributed by atoms with Gasteiger partial charge in [-0.2, -0.15) is 15.2 Å². The fourth-order valence-corrected chi connectivity index (χ4v) is 5.88. The van der Waals surface area contributed by atoms with Crippen molar-refractivity contribution in [2.45, 2.75) is 45.7 Å². The molecule has 1 aromatic heterocycles. The zero-order valence-corrected chi connectivity index (χ0v) is 25.4. The average Bonchev–Trinajstić information content (AvgIpc) is 3.51. The van der Waals surface area contributed by atoms with Gasteiger partial charge in [-0.05, 0) is 63.9 Å². The van der Waals surface area contributed by atoms with E-state index in [1.807, 2.05) is 4.90 Å². The van der Waals surface area contributed by atoms with Gasteiger partial charge in [-0.3, -0.25) is 4.79 Å². The minimum atomic E-state index is -0.0190. The molecule has 0 saturated carbocycles. The highest BCUT2D eigenvalue weighted by atomic mass is 16.5. The summed E-state index contributed by atoms with van der Waals surface area (Å²) in [7, 11) is 3.79. The number of nitrogens with zero attached hydrogens (tertiary/aromatic N) is 7. The van der Waals surface area contributed by atoms with Gasteiger partial charge in [0.15, 0.2) is 0 Å². The van der Waals surface area contributed by atoms with Gasteiger partial charge in [0.1, 0.15) is 5.82 Å². The maximum atomic E-state index is 12.1. The summed E-state index contributed by atoms with van der Waals surface area (Å²) in [5, 5.41) is 9.81. The second-order valence-corrected chi connectivity index (χ2v) is 10.9. The van der Waals surface area contributed by atoms with Crippen molar-refractivity contribution < 1.29 is 9.53 Å². The van der Waals surface area contributed by atoms with Crippen LogP contribution in [0.1, 0.15) is 37.9 Å². The van der Waals surface area contributed by atoms with Gasteiger partial charge in [0, 0.05) is 55.8 Å². The molecule has 1 atom stereocenters. The number of aromatic nitrogens is 2. The number of fused-ring (bicyclic) bond motifs is 2. The molecule has 0 unspecified atom stereocenters. The van der Waals surface area contributed by atoms with Crippen molar-refractivity contribution in [3.05, 3.63) is 66.4 Å². The van der Waals surface area contributed by atoms with Crippen LogP contribution in [-0.2, 0) is 17.8 Å². The predicted molar refractivity (Wildman–Crippen MR) is 169 cm³/mol. The van der Waals surface area contributed by atoms with Gasteiger partial charge in [0.25, 0.3) is 0 Å². The molecule has 1 amide bonds. The van der Waals surface area contributed by atoms with Crippen molar-refractivity contribution in [2.75, 3.05) is 63.2 Å². The number of carbonyl (C=O) groups excluding carboxylic acids is 1. The molecule has 42 heavy (non-hydrogen) atoms. The second kappa shape index (κ2) is 14.6. The van der Waals surface area contributed by atoms with E-state index in [0.29, 0.717) is 25.6 Å². The SMILES string of the molecule is C=CC(=O)N1CCN(c2nc(OC)nc3c2CCN(c2cccc4ccccc24)C3)[C@@H](C)C1.CC#N.CN1CCCC1. The molecule has 6 rings (SSSR count). The summed E-state index contributed by atoms with van der Waals surface area (Å²) in [5.41, 5.74) is 3.42. The molecule has 2 fully saturated rings. The van der Waals surface area contributed by atoms with Gasteiger partial charge >= 0.3 is 6.01 Å². The lowest BCUT2D eigenvalue weighted by Gasteiger charge is -2.42. The zero-order valence-electron chi connectivity index (χ0n) is 25.4. The minimum Gasteiger partial charge on any atom is -0.467 e. The van der Waals surface area contributed by atoms with Crippen LogP contribution in [0.4, 0.5) is 11.5 Å². The quantitative estimate of drug-likeness (QED) is 0.419. The largest absolute Gasteiger partial charge is 0.467 e. The summed E-state index contributed by atoms with van der Waals surface area (Å²) in [6, 6.07) is 17.2. The Bertz CT molecular complexity index is 1410. The Morgan fingerprint density at radius 3 is 2.43 bits per heavy atom. The number of rotatable bonds is 4. The maximum Gasteiger partial charge on any atom is 0.318 e. The van der Waals surface area contributed by atoms with Crippen LogP contribution < -0.4 is 14.5 Å². The highest BCUT2D eigenvalue weighted by Crippen LogP contribution is 2.34. The van der Waals surface area contributed by atoms with Gasteiger partial charge in [-0.1, -0.05) is 43.0 Å². The molecule has 0 N–H and O–H groups in total. The smallest absolute Gasteiger partial charge is 0.318 e. The molecular formula is C33H43N7O2. The molecule has 3 aromatic rings. The fraction of sp³-hybridized carbons (Fsp3) is 0.455. The molecule has 0 spiro atoms. The third-order valence-corrected chi connectivity index (χ3v) is 8.03. The fourth-order valence-electron chi connectivity index (χ4n) is 5.88. The molecule has 4 heterocycles. The molecule has 3 aliphatic rings. The van der Waals surface area contributed by atoms with Crippen LogP contribution in [0.15, 0.2) is 55.1 Å². The van der Waals surface area contributed by atoms with Crippen LogP contribution in [0.5, 0.6) is 6.01 Å². The second-order valence-electron chi connectivity index (χ2n) is 10.9. The lowest BCUT2D eigenvalue weighted by Crippen LogP contribution is -2.54. The number of piperazine rings is 1. The first kappa shape index (κ1) is 30.8. The predicted octanol–water partition coefficient (Wildman–Crippen LogP) is 4.67. The highest BCUT2D eigenvalue weighted by molar-refractivity contribution is 5.94. The van der Waals surface area contributed by atoms with Crippen molar-refractivity contribution >= 4 is 28.2 Å². The van der Waals surface area contributed by atoms with Crippen molar-refractivity contribution in [3.8, 4) is 12.1 Å². The topological polar surface area (TPSA) is 88.8 Å². The van der Waals surface area contributed by atoms with E-state index in [4.69, 9.17) is 20.0 Å². The number of carbonyl (C=O) groups is 1. The summed E-state index contributed by atoms with van der Waals surface area (Å²) < 4.78 is 5.49. The molecule has 222 valence electrons. The molecule has 0 radical (unpaired) electrons. The normalized spacial score (nSPS) is 18.2. The molecule has 2 aromatic carbocycles. The average molecular weight is 570 g/mol. The molecule has 0 aliphatic carbocycles. The molecule has 2 saturated heterocycles. The summed E-state index contributed by atoms with van der Waals surface area (Å²) in [5.74, 6) is 0.919.